The van der Waals surface area contributed by atoms with Crippen molar-refractivity contribution in [3.8, 4) is 0 Å². The largest absolute Gasteiger partial charge is 0.352 e. The second-order valence-electron chi connectivity index (χ2n) is 7.14. The van der Waals surface area contributed by atoms with Crippen LogP contribution in [0.3, 0.4) is 0 Å². The van der Waals surface area contributed by atoms with Gasteiger partial charge in [0.25, 0.3) is 0 Å². The number of hydrogen-bond acceptors (Lipinski definition) is 3. The van der Waals surface area contributed by atoms with Gasteiger partial charge in [-0.1, -0.05) is 42.5 Å². The molecule has 5 nitrogen and oxygen atoms in total. The molecule has 2 aliphatic rings. The SMILES string of the molecule is O=C(CN1CCCC1C(=O)Nc1cc(Cl)ccc1Cl)NC1CCCCC1. The highest BCUT2D eigenvalue weighted by Gasteiger charge is 2.32. The molecule has 1 aromatic rings. The van der Waals surface area contributed by atoms with Crippen molar-refractivity contribution < 1.29 is 9.59 Å². The molecule has 3 rings (SSSR count). The summed E-state index contributed by atoms with van der Waals surface area (Å²) in [5.41, 5.74) is 0.502. The minimum atomic E-state index is -0.317. The van der Waals surface area contributed by atoms with Gasteiger partial charge in [0, 0.05) is 11.1 Å². The number of anilines is 1. The molecule has 1 saturated heterocycles. The van der Waals surface area contributed by atoms with Gasteiger partial charge in [0.15, 0.2) is 0 Å². The Hall–Kier alpha value is -1.30. The van der Waals surface area contributed by atoms with Crippen LogP contribution in [-0.4, -0.2) is 41.9 Å². The highest BCUT2D eigenvalue weighted by molar-refractivity contribution is 6.35. The third-order valence-electron chi connectivity index (χ3n) is 5.17. The van der Waals surface area contributed by atoms with E-state index in [4.69, 9.17) is 23.2 Å². The van der Waals surface area contributed by atoms with Gasteiger partial charge in [-0.05, 0) is 50.4 Å². The van der Waals surface area contributed by atoms with Crippen molar-refractivity contribution in [1.82, 2.24) is 10.2 Å². The maximum absolute atomic E-state index is 12.7. The monoisotopic (exact) mass is 397 g/mol. The molecule has 1 aliphatic carbocycles. The molecule has 142 valence electrons. The fourth-order valence-electron chi connectivity index (χ4n) is 3.83. The van der Waals surface area contributed by atoms with Gasteiger partial charge in [0.05, 0.1) is 23.3 Å². The molecule has 2 amide bonds. The van der Waals surface area contributed by atoms with E-state index in [9.17, 15) is 9.59 Å². The van der Waals surface area contributed by atoms with E-state index in [2.05, 4.69) is 10.6 Å². The van der Waals surface area contributed by atoms with Crippen molar-refractivity contribution in [2.75, 3.05) is 18.4 Å². The second-order valence-corrected chi connectivity index (χ2v) is 7.99. The van der Waals surface area contributed by atoms with Gasteiger partial charge in [-0.25, -0.2) is 0 Å². The van der Waals surface area contributed by atoms with E-state index in [0.717, 1.165) is 32.2 Å². The van der Waals surface area contributed by atoms with E-state index in [1.165, 1.54) is 19.3 Å². The Labute approximate surface area is 164 Å². The number of hydrogen-bond donors (Lipinski definition) is 2. The van der Waals surface area contributed by atoms with Crippen molar-refractivity contribution in [2.24, 2.45) is 0 Å². The van der Waals surface area contributed by atoms with Crippen LogP contribution >= 0.6 is 23.2 Å². The number of benzene rings is 1. The average Bonchev–Trinajstić information content (AvgIpc) is 3.07. The Morgan fingerprint density at radius 3 is 2.62 bits per heavy atom. The van der Waals surface area contributed by atoms with Crippen LogP contribution in [0.2, 0.25) is 10.0 Å². The van der Waals surface area contributed by atoms with Crippen LogP contribution in [0.5, 0.6) is 0 Å². The molecule has 1 aromatic carbocycles. The Balaban J connectivity index is 1.55. The molecule has 1 heterocycles. The smallest absolute Gasteiger partial charge is 0.241 e. The number of rotatable bonds is 5. The second kappa shape index (κ2) is 9.07. The Kier molecular flexibility index (Phi) is 6.79. The van der Waals surface area contributed by atoms with Gasteiger partial charge in [0.1, 0.15) is 0 Å². The molecular weight excluding hydrogens is 373 g/mol. The van der Waals surface area contributed by atoms with Gasteiger partial charge in [-0.15, -0.1) is 0 Å². The van der Waals surface area contributed by atoms with Crippen LogP contribution in [0.15, 0.2) is 18.2 Å². The summed E-state index contributed by atoms with van der Waals surface area (Å²) in [6, 6.07) is 4.94. The number of nitrogens with one attached hydrogen (secondary N) is 2. The lowest BCUT2D eigenvalue weighted by molar-refractivity contribution is -0.125. The third kappa shape index (κ3) is 5.12. The zero-order valence-corrected chi connectivity index (χ0v) is 16.3. The third-order valence-corrected chi connectivity index (χ3v) is 5.73. The van der Waals surface area contributed by atoms with Crippen LogP contribution in [0.25, 0.3) is 0 Å². The first kappa shape index (κ1) is 19.5. The molecule has 0 spiro atoms. The average molecular weight is 398 g/mol. The number of nitrogens with zero attached hydrogens (tertiary/aromatic N) is 1. The van der Waals surface area contributed by atoms with Crippen LogP contribution in [-0.2, 0) is 9.59 Å². The minimum Gasteiger partial charge on any atom is -0.352 e. The highest BCUT2D eigenvalue weighted by atomic mass is 35.5. The van der Waals surface area contributed by atoms with E-state index in [0.29, 0.717) is 15.7 Å². The van der Waals surface area contributed by atoms with Crippen molar-refractivity contribution in [3.63, 3.8) is 0 Å². The Bertz CT molecular complexity index is 662. The zero-order valence-electron chi connectivity index (χ0n) is 14.8. The maximum Gasteiger partial charge on any atom is 0.241 e. The number of amides is 2. The fourth-order valence-corrected chi connectivity index (χ4v) is 4.16. The summed E-state index contributed by atoms with van der Waals surface area (Å²) < 4.78 is 0. The lowest BCUT2D eigenvalue weighted by Crippen LogP contribution is -2.47. The van der Waals surface area contributed by atoms with E-state index in [-0.39, 0.29) is 30.4 Å². The molecule has 2 fully saturated rings. The molecule has 1 saturated carbocycles. The Morgan fingerprint density at radius 1 is 1.08 bits per heavy atom. The quantitative estimate of drug-likeness (QED) is 0.792. The number of carbonyl (C=O) groups excluding carboxylic acids is 2. The molecule has 7 heteroatoms. The molecule has 2 N–H and O–H groups in total. The van der Waals surface area contributed by atoms with Crippen LogP contribution in [0, 0.1) is 0 Å². The summed E-state index contributed by atoms with van der Waals surface area (Å²) in [5, 5.41) is 6.93. The van der Waals surface area contributed by atoms with E-state index in [1.807, 2.05) is 4.90 Å². The maximum atomic E-state index is 12.7. The lowest BCUT2D eigenvalue weighted by Gasteiger charge is -2.26. The lowest BCUT2D eigenvalue weighted by atomic mass is 9.95. The zero-order chi connectivity index (χ0) is 18.5. The van der Waals surface area contributed by atoms with Gasteiger partial charge >= 0.3 is 0 Å². The van der Waals surface area contributed by atoms with E-state index >= 15 is 0 Å². The predicted octanol–water partition coefficient (Wildman–Crippen LogP) is 3.85. The number of halogens is 2. The van der Waals surface area contributed by atoms with Crippen molar-refractivity contribution in [2.45, 2.75) is 57.0 Å². The predicted molar refractivity (Wildman–Crippen MR) is 105 cm³/mol. The first-order valence-corrected chi connectivity index (χ1v) is 10.1. The summed E-state index contributed by atoms with van der Waals surface area (Å²) in [6.45, 7) is 1.01. The van der Waals surface area contributed by atoms with E-state index in [1.54, 1.807) is 18.2 Å². The van der Waals surface area contributed by atoms with Crippen molar-refractivity contribution in [1.29, 1.82) is 0 Å². The standard InChI is InChI=1S/C19H25Cl2N3O2/c20-13-8-9-15(21)16(11-13)23-19(26)17-7-4-10-24(17)12-18(25)22-14-5-2-1-3-6-14/h8-9,11,14,17H,1-7,10,12H2,(H,22,25)(H,23,26). The molecular formula is C19H25Cl2N3O2. The molecule has 0 aromatic heterocycles. The summed E-state index contributed by atoms with van der Waals surface area (Å²) in [5.74, 6) is -0.130. The minimum absolute atomic E-state index is 0.0115. The molecule has 26 heavy (non-hydrogen) atoms. The first-order chi connectivity index (χ1) is 12.5. The molecule has 0 radical (unpaired) electrons. The number of likely N-dealkylation sites (tertiary alicyclic amines) is 1. The van der Waals surface area contributed by atoms with Crippen LogP contribution < -0.4 is 10.6 Å². The van der Waals surface area contributed by atoms with Crippen LogP contribution in [0.4, 0.5) is 5.69 Å². The molecule has 1 aliphatic heterocycles. The highest BCUT2D eigenvalue weighted by Crippen LogP contribution is 2.27. The summed E-state index contributed by atoms with van der Waals surface area (Å²) in [7, 11) is 0. The van der Waals surface area contributed by atoms with Gasteiger partial charge in [-0.2, -0.15) is 0 Å². The van der Waals surface area contributed by atoms with Gasteiger partial charge in [-0.3, -0.25) is 14.5 Å². The molecule has 0 bridgehead atoms. The van der Waals surface area contributed by atoms with Crippen molar-refractivity contribution >= 4 is 40.7 Å². The first-order valence-electron chi connectivity index (χ1n) is 9.32. The molecule has 1 unspecified atom stereocenters. The summed E-state index contributed by atoms with van der Waals surface area (Å²) in [6.07, 6.45) is 7.37. The summed E-state index contributed by atoms with van der Waals surface area (Å²) in [4.78, 5) is 27.0. The normalized spacial score (nSPS) is 21.5. The molecule has 1 atom stereocenters. The number of carbonyl (C=O) groups is 2. The van der Waals surface area contributed by atoms with E-state index < -0.39 is 0 Å². The fraction of sp³-hybridized carbons (Fsp3) is 0.579. The van der Waals surface area contributed by atoms with Gasteiger partial charge < -0.3 is 10.6 Å². The van der Waals surface area contributed by atoms with Crippen LogP contribution in [0.1, 0.15) is 44.9 Å². The Morgan fingerprint density at radius 2 is 1.85 bits per heavy atom. The van der Waals surface area contributed by atoms with Gasteiger partial charge in [0.2, 0.25) is 11.8 Å². The topological polar surface area (TPSA) is 61.4 Å². The van der Waals surface area contributed by atoms with Crippen molar-refractivity contribution in [3.05, 3.63) is 28.2 Å². The summed E-state index contributed by atoms with van der Waals surface area (Å²) >= 11 is 12.1.